The molecule has 0 saturated heterocycles. The van der Waals surface area contributed by atoms with Crippen molar-refractivity contribution >= 4 is 29.9 Å². The van der Waals surface area contributed by atoms with Crippen molar-refractivity contribution in [3.05, 3.63) is 47.5 Å². The van der Waals surface area contributed by atoms with Crippen LogP contribution in [0.1, 0.15) is 30.6 Å². The molecule has 2 heterocycles. The molecular formula is C21H33IN6O2. The molecule has 0 radical (unpaired) electrons. The van der Waals surface area contributed by atoms with E-state index in [0.29, 0.717) is 25.7 Å². The Hall–Kier alpha value is -1.72. The van der Waals surface area contributed by atoms with E-state index in [1.807, 2.05) is 22.9 Å². The second-order valence-corrected chi connectivity index (χ2v) is 7.50. The zero-order valence-corrected chi connectivity index (χ0v) is 20.3. The highest BCUT2D eigenvalue weighted by molar-refractivity contribution is 14.0. The summed E-state index contributed by atoms with van der Waals surface area (Å²) in [6.07, 6.45) is 1.90. The first kappa shape index (κ1) is 24.5. The molecule has 0 fully saturated rings. The van der Waals surface area contributed by atoms with Crippen molar-refractivity contribution in [1.29, 1.82) is 0 Å². The molecule has 166 valence electrons. The standard InChI is InChI=1S/C21H32N6O2.HI/c1-16(13-29-14-17-7-5-4-6-8-17)11-23-21(22-2)24-18-9-10-20-25-19(15-28-3)26-27(20)12-18;/h4-8,16,18H,9-15H2,1-3H3,(H2,22,23,24);1H. The Morgan fingerprint density at radius 2 is 2.10 bits per heavy atom. The number of hydrogen-bond donors (Lipinski definition) is 2. The number of aryl methyl sites for hydroxylation is 1. The van der Waals surface area contributed by atoms with Crippen molar-refractivity contribution in [3.63, 3.8) is 0 Å². The molecule has 8 nitrogen and oxygen atoms in total. The van der Waals surface area contributed by atoms with E-state index in [4.69, 9.17) is 9.47 Å². The second-order valence-electron chi connectivity index (χ2n) is 7.50. The molecule has 0 amide bonds. The van der Waals surface area contributed by atoms with Gasteiger partial charge in [0.05, 0.1) is 19.8 Å². The zero-order valence-electron chi connectivity index (χ0n) is 18.0. The van der Waals surface area contributed by atoms with E-state index in [9.17, 15) is 0 Å². The van der Waals surface area contributed by atoms with Crippen LogP contribution in [0.25, 0.3) is 0 Å². The van der Waals surface area contributed by atoms with E-state index in [2.05, 4.69) is 44.8 Å². The molecule has 0 spiro atoms. The molecule has 0 bridgehead atoms. The van der Waals surface area contributed by atoms with Crippen LogP contribution in [-0.2, 0) is 35.7 Å². The van der Waals surface area contributed by atoms with E-state index in [1.54, 1.807) is 14.2 Å². The molecule has 2 unspecified atom stereocenters. The molecule has 1 aromatic heterocycles. The van der Waals surface area contributed by atoms with E-state index in [0.717, 1.165) is 43.5 Å². The third kappa shape index (κ3) is 7.51. The molecule has 0 aliphatic carbocycles. The maximum atomic E-state index is 5.83. The van der Waals surface area contributed by atoms with Crippen LogP contribution in [0.5, 0.6) is 0 Å². The summed E-state index contributed by atoms with van der Waals surface area (Å²) in [7, 11) is 3.46. The first-order chi connectivity index (χ1) is 14.2. The van der Waals surface area contributed by atoms with Gasteiger partial charge in [-0.3, -0.25) is 4.99 Å². The summed E-state index contributed by atoms with van der Waals surface area (Å²) in [6.45, 7) is 5.55. The summed E-state index contributed by atoms with van der Waals surface area (Å²) >= 11 is 0. The van der Waals surface area contributed by atoms with Gasteiger partial charge in [-0.15, -0.1) is 24.0 Å². The number of nitrogens with zero attached hydrogens (tertiary/aromatic N) is 4. The second kappa shape index (κ2) is 12.9. The molecule has 2 aromatic rings. The number of nitrogens with one attached hydrogen (secondary N) is 2. The van der Waals surface area contributed by atoms with Crippen molar-refractivity contribution < 1.29 is 9.47 Å². The van der Waals surface area contributed by atoms with E-state index >= 15 is 0 Å². The van der Waals surface area contributed by atoms with E-state index in [1.165, 1.54) is 5.56 Å². The van der Waals surface area contributed by atoms with Crippen molar-refractivity contribution in [3.8, 4) is 0 Å². The van der Waals surface area contributed by atoms with Crippen LogP contribution in [0.3, 0.4) is 0 Å². The first-order valence-electron chi connectivity index (χ1n) is 10.2. The van der Waals surface area contributed by atoms with Gasteiger partial charge >= 0.3 is 0 Å². The van der Waals surface area contributed by atoms with Gasteiger partial charge in [-0.05, 0) is 17.9 Å². The molecular weight excluding hydrogens is 495 g/mol. The lowest BCUT2D eigenvalue weighted by Gasteiger charge is -2.26. The van der Waals surface area contributed by atoms with E-state index < -0.39 is 0 Å². The first-order valence-corrected chi connectivity index (χ1v) is 10.2. The fourth-order valence-corrected chi connectivity index (χ4v) is 3.34. The number of fused-ring (bicyclic) bond motifs is 1. The normalized spacial score (nSPS) is 17.0. The van der Waals surface area contributed by atoms with Gasteiger partial charge in [-0.25, -0.2) is 9.67 Å². The highest BCUT2D eigenvalue weighted by Crippen LogP contribution is 2.13. The monoisotopic (exact) mass is 528 g/mol. The third-order valence-corrected chi connectivity index (χ3v) is 4.87. The molecule has 1 aromatic carbocycles. The van der Waals surface area contributed by atoms with Crippen molar-refractivity contribution in [2.24, 2.45) is 10.9 Å². The molecule has 1 aliphatic rings. The number of rotatable bonds is 9. The lowest BCUT2D eigenvalue weighted by molar-refractivity contribution is 0.0931. The molecule has 2 N–H and O–H groups in total. The summed E-state index contributed by atoms with van der Waals surface area (Å²) < 4.78 is 12.9. The Labute approximate surface area is 195 Å². The largest absolute Gasteiger partial charge is 0.377 e. The van der Waals surface area contributed by atoms with Crippen molar-refractivity contribution in [2.75, 3.05) is 27.3 Å². The van der Waals surface area contributed by atoms with Crippen LogP contribution in [0, 0.1) is 5.92 Å². The van der Waals surface area contributed by atoms with Crippen LogP contribution < -0.4 is 10.6 Å². The van der Waals surface area contributed by atoms with Gasteiger partial charge in [0.2, 0.25) is 0 Å². The Morgan fingerprint density at radius 3 is 2.83 bits per heavy atom. The summed E-state index contributed by atoms with van der Waals surface area (Å²) in [5.74, 6) is 2.96. The summed E-state index contributed by atoms with van der Waals surface area (Å²) in [6, 6.07) is 10.5. The molecule has 1 aliphatic heterocycles. The lowest BCUT2D eigenvalue weighted by atomic mass is 10.1. The smallest absolute Gasteiger partial charge is 0.191 e. The SMILES string of the molecule is CN=C(NCC(C)COCc1ccccc1)NC1CCc2nc(COC)nn2C1.I. The van der Waals surface area contributed by atoms with Gasteiger partial charge in [0.15, 0.2) is 11.8 Å². The van der Waals surface area contributed by atoms with Crippen LogP contribution in [0.4, 0.5) is 0 Å². The quantitative estimate of drug-likeness (QED) is 0.296. The fourth-order valence-electron chi connectivity index (χ4n) is 3.34. The molecule has 0 saturated carbocycles. The highest BCUT2D eigenvalue weighted by Gasteiger charge is 2.22. The molecule has 9 heteroatoms. The van der Waals surface area contributed by atoms with Gasteiger partial charge in [0, 0.05) is 33.2 Å². The summed E-state index contributed by atoms with van der Waals surface area (Å²) in [5, 5.41) is 11.4. The predicted molar refractivity (Wildman–Crippen MR) is 128 cm³/mol. The number of halogens is 1. The average Bonchev–Trinajstić information content (AvgIpc) is 3.14. The topological polar surface area (TPSA) is 85.6 Å². The maximum absolute atomic E-state index is 5.83. The van der Waals surface area contributed by atoms with Crippen LogP contribution in [0.2, 0.25) is 0 Å². The Balaban J connectivity index is 0.00000320. The molecule has 30 heavy (non-hydrogen) atoms. The Bertz CT molecular complexity index is 783. The average molecular weight is 528 g/mol. The Morgan fingerprint density at radius 1 is 1.30 bits per heavy atom. The van der Waals surface area contributed by atoms with Gasteiger partial charge < -0.3 is 20.1 Å². The number of aliphatic imine (C=N–C) groups is 1. The Kier molecular flexibility index (Phi) is 10.5. The minimum absolute atomic E-state index is 0. The van der Waals surface area contributed by atoms with Gasteiger partial charge in [0.25, 0.3) is 0 Å². The number of aromatic nitrogens is 3. The van der Waals surface area contributed by atoms with Gasteiger partial charge in [-0.2, -0.15) is 5.10 Å². The highest BCUT2D eigenvalue weighted by atomic mass is 127. The van der Waals surface area contributed by atoms with Gasteiger partial charge in [0.1, 0.15) is 12.4 Å². The van der Waals surface area contributed by atoms with Crippen molar-refractivity contribution in [1.82, 2.24) is 25.4 Å². The van der Waals surface area contributed by atoms with E-state index in [-0.39, 0.29) is 30.0 Å². The van der Waals surface area contributed by atoms with Crippen LogP contribution in [-0.4, -0.2) is 54.1 Å². The third-order valence-electron chi connectivity index (χ3n) is 4.87. The van der Waals surface area contributed by atoms with Gasteiger partial charge in [-0.1, -0.05) is 37.3 Å². The summed E-state index contributed by atoms with van der Waals surface area (Å²) in [4.78, 5) is 8.88. The number of ether oxygens (including phenoxy) is 2. The lowest BCUT2D eigenvalue weighted by Crippen LogP contribution is -2.48. The minimum Gasteiger partial charge on any atom is -0.377 e. The molecule has 2 atom stereocenters. The fraction of sp³-hybridized carbons (Fsp3) is 0.571. The number of hydrogen-bond acceptors (Lipinski definition) is 5. The number of methoxy groups -OCH3 is 1. The van der Waals surface area contributed by atoms with Crippen molar-refractivity contribution in [2.45, 2.75) is 45.6 Å². The molecule has 3 rings (SSSR count). The predicted octanol–water partition coefficient (Wildman–Crippen LogP) is 2.38. The zero-order chi connectivity index (χ0) is 20.5. The summed E-state index contributed by atoms with van der Waals surface area (Å²) in [5.41, 5.74) is 1.20. The van der Waals surface area contributed by atoms with Crippen LogP contribution in [0.15, 0.2) is 35.3 Å². The van der Waals surface area contributed by atoms with Crippen LogP contribution >= 0.6 is 24.0 Å². The number of benzene rings is 1. The minimum atomic E-state index is 0. The number of guanidine groups is 1. The maximum Gasteiger partial charge on any atom is 0.191 e.